The van der Waals surface area contributed by atoms with Gasteiger partial charge >= 0.3 is 0 Å². The number of methoxy groups -OCH3 is 1. The van der Waals surface area contributed by atoms with Gasteiger partial charge in [-0.25, -0.2) is 4.39 Å². The van der Waals surface area contributed by atoms with Gasteiger partial charge in [0, 0.05) is 13.1 Å². The van der Waals surface area contributed by atoms with Crippen LogP contribution in [-0.4, -0.2) is 41.9 Å². The van der Waals surface area contributed by atoms with Crippen molar-refractivity contribution in [2.24, 2.45) is 5.92 Å². The van der Waals surface area contributed by atoms with Gasteiger partial charge in [-0.1, -0.05) is 54.6 Å². The summed E-state index contributed by atoms with van der Waals surface area (Å²) in [6.45, 7) is 2.37. The number of halogens is 1. The zero-order valence-electron chi connectivity index (χ0n) is 21.0. The third-order valence-electron chi connectivity index (χ3n) is 7.54. The number of amides is 1. The Kier molecular flexibility index (Phi) is 7.66. The van der Waals surface area contributed by atoms with E-state index in [0.29, 0.717) is 18.9 Å². The van der Waals surface area contributed by atoms with Gasteiger partial charge in [-0.05, 0) is 85.5 Å². The van der Waals surface area contributed by atoms with E-state index >= 15 is 0 Å². The van der Waals surface area contributed by atoms with Crippen LogP contribution in [0.5, 0.6) is 5.75 Å². The minimum Gasteiger partial charge on any atom is -0.497 e. The molecule has 1 saturated heterocycles. The molecule has 0 unspecified atom stereocenters. The van der Waals surface area contributed by atoms with Crippen LogP contribution in [0.4, 0.5) is 4.39 Å². The van der Waals surface area contributed by atoms with Crippen LogP contribution in [0.3, 0.4) is 0 Å². The van der Waals surface area contributed by atoms with Gasteiger partial charge in [0.15, 0.2) is 0 Å². The van der Waals surface area contributed by atoms with Crippen LogP contribution in [0.2, 0.25) is 0 Å². The molecule has 3 aromatic rings. The summed E-state index contributed by atoms with van der Waals surface area (Å²) in [5.41, 5.74) is 3.23. The Morgan fingerprint density at radius 1 is 0.889 bits per heavy atom. The van der Waals surface area contributed by atoms with Crippen LogP contribution in [0.25, 0.3) is 0 Å². The van der Waals surface area contributed by atoms with Gasteiger partial charge in [-0.15, -0.1) is 0 Å². The average molecular weight is 487 g/mol. The summed E-state index contributed by atoms with van der Waals surface area (Å²) < 4.78 is 19.0. The smallest absolute Gasteiger partial charge is 0.241 e. The van der Waals surface area contributed by atoms with Crippen LogP contribution >= 0.6 is 0 Å². The van der Waals surface area contributed by atoms with Crippen molar-refractivity contribution in [1.82, 2.24) is 9.80 Å². The highest BCUT2D eigenvalue weighted by atomic mass is 19.1. The zero-order chi connectivity index (χ0) is 24.9. The van der Waals surface area contributed by atoms with E-state index in [2.05, 4.69) is 29.2 Å². The maximum atomic E-state index is 14.5. The molecular weight excluding hydrogens is 451 g/mol. The molecule has 36 heavy (non-hydrogen) atoms. The minimum atomic E-state index is -0.262. The van der Waals surface area contributed by atoms with Crippen molar-refractivity contribution in [2.45, 2.75) is 50.7 Å². The van der Waals surface area contributed by atoms with E-state index in [1.54, 1.807) is 19.2 Å². The van der Waals surface area contributed by atoms with Gasteiger partial charge < -0.3 is 9.64 Å². The summed E-state index contributed by atoms with van der Waals surface area (Å²) in [5.74, 6) is 1.41. The van der Waals surface area contributed by atoms with E-state index in [0.717, 1.165) is 42.8 Å². The first-order valence-corrected chi connectivity index (χ1v) is 13.1. The Labute approximate surface area is 213 Å². The Morgan fingerprint density at radius 3 is 2.28 bits per heavy atom. The molecule has 5 heteroatoms. The minimum absolute atomic E-state index is 0.0465. The van der Waals surface area contributed by atoms with Crippen molar-refractivity contribution >= 4 is 5.91 Å². The molecule has 2 aliphatic rings. The Hall–Kier alpha value is -3.18. The largest absolute Gasteiger partial charge is 0.497 e. The molecule has 1 amide bonds. The summed E-state index contributed by atoms with van der Waals surface area (Å²) in [4.78, 5) is 19.0. The van der Waals surface area contributed by atoms with E-state index < -0.39 is 0 Å². The van der Waals surface area contributed by atoms with Crippen molar-refractivity contribution in [3.63, 3.8) is 0 Å². The highest BCUT2D eigenvalue weighted by Gasteiger charge is 2.38. The van der Waals surface area contributed by atoms with Crippen molar-refractivity contribution < 1.29 is 13.9 Å². The molecule has 188 valence electrons. The second kappa shape index (κ2) is 11.3. The maximum absolute atomic E-state index is 14.5. The summed E-state index contributed by atoms with van der Waals surface area (Å²) >= 11 is 0. The molecule has 0 bridgehead atoms. The standard InChI is InChI=1S/C31H35FN2O2/c1-36-28-17-13-26(14-18-28)29-8-5-19-33(21-24-9-10-24)30(20-23-6-3-2-4-7-23)31(35)34(29)22-25-11-15-27(32)16-12-25/h2-4,6-7,11-18,24,29-30H,5,8-10,19-22H2,1H3/t29-,30-/m1/s1. The van der Waals surface area contributed by atoms with Crippen LogP contribution in [0, 0.1) is 11.7 Å². The first-order chi connectivity index (χ1) is 17.6. The lowest BCUT2D eigenvalue weighted by atomic mass is 9.94. The number of carbonyl (C=O) groups is 1. The Balaban J connectivity index is 1.51. The molecule has 5 rings (SSSR count). The zero-order valence-corrected chi connectivity index (χ0v) is 21.0. The highest BCUT2D eigenvalue weighted by molar-refractivity contribution is 5.83. The molecule has 1 aliphatic heterocycles. The molecule has 0 aromatic heterocycles. The summed E-state index contributed by atoms with van der Waals surface area (Å²) in [5, 5.41) is 0. The van der Waals surface area contributed by atoms with E-state index in [1.165, 1.54) is 30.5 Å². The average Bonchev–Trinajstić information content (AvgIpc) is 3.73. The van der Waals surface area contributed by atoms with Crippen LogP contribution in [0.15, 0.2) is 78.9 Å². The molecule has 1 aliphatic carbocycles. The van der Waals surface area contributed by atoms with E-state index in [9.17, 15) is 9.18 Å². The third kappa shape index (κ3) is 5.96. The fraction of sp³-hybridized carbons (Fsp3) is 0.387. The molecule has 1 heterocycles. The molecule has 2 atom stereocenters. The van der Waals surface area contributed by atoms with Gasteiger partial charge in [0.25, 0.3) is 0 Å². The summed E-state index contributed by atoms with van der Waals surface area (Å²) in [6.07, 6.45) is 5.12. The molecule has 0 radical (unpaired) electrons. The molecule has 3 aromatic carbocycles. The number of carbonyl (C=O) groups excluding carboxylic acids is 1. The van der Waals surface area contributed by atoms with Gasteiger partial charge in [0.2, 0.25) is 5.91 Å². The van der Waals surface area contributed by atoms with Gasteiger partial charge in [-0.3, -0.25) is 9.69 Å². The number of nitrogens with zero attached hydrogens (tertiary/aromatic N) is 2. The first kappa shape index (κ1) is 24.5. The predicted octanol–water partition coefficient (Wildman–Crippen LogP) is 6.02. The summed E-state index contributed by atoms with van der Waals surface area (Å²) in [7, 11) is 1.66. The lowest BCUT2D eigenvalue weighted by Gasteiger charge is -2.42. The Bertz CT molecular complexity index is 1130. The molecular formula is C31H35FN2O2. The normalized spacial score (nSPS) is 21.2. The van der Waals surface area contributed by atoms with Crippen molar-refractivity contribution in [2.75, 3.05) is 20.2 Å². The number of hydrogen-bond donors (Lipinski definition) is 0. The van der Waals surface area contributed by atoms with Gasteiger partial charge in [0.05, 0.1) is 19.2 Å². The number of hydrogen-bond acceptors (Lipinski definition) is 3. The second-order valence-electron chi connectivity index (χ2n) is 10.2. The number of ether oxygens (including phenoxy) is 1. The fourth-order valence-electron chi connectivity index (χ4n) is 5.35. The van der Waals surface area contributed by atoms with Crippen molar-refractivity contribution in [3.05, 3.63) is 101 Å². The number of benzene rings is 3. The maximum Gasteiger partial charge on any atom is 0.241 e. The van der Waals surface area contributed by atoms with Gasteiger partial charge in [0.1, 0.15) is 11.6 Å². The predicted molar refractivity (Wildman–Crippen MR) is 140 cm³/mol. The van der Waals surface area contributed by atoms with Crippen LogP contribution in [-0.2, 0) is 17.8 Å². The van der Waals surface area contributed by atoms with E-state index in [1.807, 2.05) is 35.2 Å². The lowest BCUT2D eigenvalue weighted by molar-refractivity contribution is -0.142. The topological polar surface area (TPSA) is 32.8 Å². The lowest BCUT2D eigenvalue weighted by Crippen LogP contribution is -2.53. The van der Waals surface area contributed by atoms with E-state index in [4.69, 9.17) is 4.74 Å². The monoisotopic (exact) mass is 486 g/mol. The third-order valence-corrected chi connectivity index (χ3v) is 7.54. The molecule has 0 N–H and O–H groups in total. The van der Waals surface area contributed by atoms with Gasteiger partial charge in [-0.2, -0.15) is 0 Å². The van der Waals surface area contributed by atoms with E-state index in [-0.39, 0.29) is 23.8 Å². The molecule has 0 spiro atoms. The van der Waals surface area contributed by atoms with Crippen molar-refractivity contribution in [1.29, 1.82) is 0 Å². The van der Waals surface area contributed by atoms with Crippen LogP contribution in [0.1, 0.15) is 48.4 Å². The molecule has 4 nitrogen and oxygen atoms in total. The molecule has 2 fully saturated rings. The van der Waals surface area contributed by atoms with Crippen molar-refractivity contribution in [3.8, 4) is 5.75 Å². The first-order valence-electron chi connectivity index (χ1n) is 13.1. The highest BCUT2D eigenvalue weighted by Crippen LogP contribution is 2.35. The number of rotatable bonds is 8. The second-order valence-corrected chi connectivity index (χ2v) is 10.2. The fourth-order valence-corrected chi connectivity index (χ4v) is 5.35. The Morgan fingerprint density at radius 2 is 1.61 bits per heavy atom. The van der Waals surface area contributed by atoms with Crippen LogP contribution < -0.4 is 4.74 Å². The quantitative estimate of drug-likeness (QED) is 0.390. The molecule has 1 saturated carbocycles. The summed E-state index contributed by atoms with van der Waals surface area (Å²) in [6, 6.07) is 24.7. The SMILES string of the molecule is COc1ccc([C@H]2CCCN(CC3CC3)[C@H](Cc3ccccc3)C(=O)N2Cc2ccc(F)cc2)cc1.